The number of ether oxygens (including phenoxy) is 3. The first kappa shape index (κ1) is 12.6. The lowest BCUT2D eigenvalue weighted by Crippen LogP contribution is -2.03. The Bertz CT molecular complexity index is 601. The molecular weight excluding hydrogens is 256 g/mol. The lowest BCUT2D eigenvalue weighted by atomic mass is 10.2. The van der Waals surface area contributed by atoms with Crippen LogP contribution in [0.4, 0.5) is 5.82 Å². The van der Waals surface area contributed by atoms with Crippen LogP contribution in [0.25, 0.3) is 0 Å². The molecule has 2 aromatic rings. The van der Waals surface area contributed by atoms with E-state index in [4.69, 9.17) is 14.2 Å². The van der Waals surface area contributed by atoms with E-state index in [0.29, 0.717) is 19.0 Å². The molecule has 1 aromatic heterocycles. The second-order valence-corrected chi connectivity index (χ2v) is 4.30. The third-order valence-electron chi connectivity index (χ3n) is 2.95. The number of rotatable bonds is 5. The van der Waals surface area contributed by atoms with Gasteiger partial charge in [-0.3, -0.25) is 0 Å². The average Bonchev–Trinajstić information content (AvgIpc) is 2.95. The molecule has 1 aromatic carbocycles. The number of benzene rings is 1. The summed E-state index contributed by atoms with van der Waals surface area (Å²) in [7, 11) is 0. The predicted molar refractivity (Wildman–Crippen MR) is 75.3 cm³/mol. The summed E-state index contributed by atoms with van der Waals surface area (Å²) in [6.07, 6.45) is 0. The van der Waals surface area contributed by atoms with Gasteiger partial charge in [-0.15, -0.1) is 0 Å². The zero-order valence-electron chi connectivity index (χ0n) is 11.3. The van der Waals surface area contributed by atoms with Gasteiger partial charge in [0.25, 0.3) is 0 Å². The van der Waals surface area contributed by atoms with Crippen LogP contribution >= 0.6 is 0 Å². The average molecular weight is 272 g/mol. The normalized spacial score (nSPS) is 12.2. The molecule has 0 radical (unpaired) electrons. The second kappa shape index (κ2) is 5.69. The van der Waals surface area contributed by atoms with Gasteiger partial charge in [0.05, 0.1) is 6.61 Å². The van der Waals surface area contributed by atoms with Gasteiger partial charge in [0, 0.05) is 18.2 Å². The molecule has 0 saturated carbocycles. The van der Waals surface area contributed by atoms with E-state index < -0.39 is 0 Å². The minimum absolute atomic E-state index is 0.282. The van der Waals surface area contributed by atoms with Crippen molar-refractivity contribution in [1.29, 1.82) is 0 Å². The SMILES string of the molecule is CCOc1cccc(NCc2cccc3c2OCO3)n1. The number of nitrogens with one attached hydrogen (secondary N) is 1. The Kier molecular flexibility index (Phi) is 3.58. The molecule has 0 amide bonds. The molecule has 104 valence electrons. The molecule has 5 nitrogen and oxygen atoms in total. The number of nitrogens with zero attached hydrogens (tertiary/aromatic N) is 1. The zero-order chi connectivity index (χ0) is 13.8. The molecule has 1 N–H and O–H groups in total. The Morgan fingerprint density at radius 3 is 3.00 bits per heavy atom. The van der Waals surface area contributed by atoms with Crippen LogP contribution in [0.3, 0.4) is 0 Å². The lowest BCUT2D eigenvalue weighted by Gasteiger charge is -2.09. The maximum atomic E-state index is 5.47. The highest BCUT2D eigenvalue weighted by atomic mass is 16.7. The highest BCUT2D eigenvalue weighted by molar-refractivity contribution is 5.50. The predicted octanol–water partition coefficient (Wildman–Crippen LogP) is 2.82. The van der Waals surface area contributed by atoms with Crippen molar-refractivity contribution < 1.29 is 14.2 Å². The molecule has 0 spiro atoms. The van der Waals surface area contributed by atoms with Crippen molar-refractivity contribution in [2.75, 3.05) is 18.7 Å². The van der Waals surface area contributed by atoms with E-state index in [2.05, 4.69) is 10.3 Å². The van der Waals surface area contributed by atoms with Crippen molar-refractivity contribution in [2.45, 2.75) is 13.5 Å². The van der Waals surface area contributed by atoms with Gasteiger partial charge in [-0.1, -0.05) is 18.2 Å². The first-order valence-electron chi connectivity index (χ1n) is 6.58. The van der Waals surface area contributed by atoms with E-state index >= 15 is 0 Å². The minimum Gasteiger partial charge on any atom is -0.478 e. The Morgan fingerprint density at radius 2 is 2.10 bits per heavy atom. The topological polar surface area (TPSA) is 52.6 Å². The number of pyridine rings is 1. The van der Waals surface area contributed by atoms with E-state index in [9.17, 15) is 0 Å². The molecule has 5 heteroatoms. The fourth-order valence-electron chi connectivity index (χ4n) is 2.06. The standard InChI is InChI=1S/C15H16N2O3/c1-2-18-14-8-4-7-13(17-14)16-9-11-5-3-6-12-15(11)20-10-19-12/h3-8H,2,9-10H2,1H3,(H,16,17). The van der Waals surface area contributed by atoms with E-state index in [0.717, 1.165) is 22.9 Å². The summed E-state index contributed by atoms with van der Waals surface area (Å²) < 4.78 is 16.2. The van der Waals surface area contributed by atoms with Crippen LogP contribution in [-0.4, -0.2) is 18.4 Å². The van der Waals surface area contributed by atoms with Crippen LogP contribution in [0.1, 0.15) is 12.5 Å². The van der Waals surface area contributed by atoms with Crippen LogP contribution in [0.5, 0.6) is 17.4 Å². The van der Waals surface area contributed by atoms with Crippen LogP contribution in [0, 0.1) is 0 Å². The summed E-state index contributed by atoms with van der Waals surface area (Å²) in [5.41, 5.74) is 1.05. The van der Waals surface area contributed by atoms with Crippen LogP contribution in [0.2, 0.25) is 0 Å². The number of fused-ring (bicyclic) bond motifs is 1. The molecule has 0 fully saturated rings. The minimum atomic E-state index is 0.282. The van der Waals surface area contributed by atoms with Gasteiger partial charge in [-0.05, 0) is 19.1 Å². The molecule has 0 aliphatic carbocycles. The van der Waals surface area contributed by atoms with Gasteiger partial charge in [-0.2, -0.15) is 4.98 Å². The largest absolute Gasteiger partial charge is 0.478 e. The highest BCUT2D eigenvalue weighted by Crippen LogP contribution is 2.35. The Balaban J connectivity index is 1.71. The number of aromatic nitrogens is 1. The molecule has 3 rings (SSSR count). The summed E-state index contributed by atoms with van der Waals surface area (Å²) in [5.74, 6) is 2.99. The van der Waals surface area contributed by atoms with E-state index in [1.807, 2.05) is 43.3 Å². The molecule has 20 heavy (non-hydrogen) atoms. The smallest absolute Gasteiger partial charge is 0.231 e. The Morgan fingerprint density at radius 1 is 1.20 bits per heavy atom. The number of anilines is 1. The van der Waals surface area contributed by atoms with Crippen molar-refractivity contribution in [3.8, 4) is 17.4 Å². The van der Waals surface area contributed by atoms with Crippen molar-refractivity contribution >= 4 is 5.82 Å². The van der Waals surface area contributed by atoms with Crippen LogP contribution < -0.4 is 19.5 Å². The molecule has 0 bridgehead atoms. The first-order valence-corrected chi connectivity index (χ1v) is 6.58. The fourth-order valence-corrected chi connectivity index (χ4v) is 2.06. The van der Waals surface area contributed by atoms with Gasteiger partial charge >= 0.3 is 0 Å². The molecule has 1 aliphatic rings. The second-order valence-electron chi connectivity index (χ2n) is 4.30. The van der Waals surface area contributed by atoms with Crippen molar-refractivity contribution in [3.05, 3.63) is 42.0 Å². The molecule has 0 saturated heterocycles. The van der Waals surface area contributed by atoms with E-state index in [1.165, 1.54) is 0 Å². The van der Waals surface area contributed by atoms with Gasteiger partial charge in [0.15, 0.2) is 11.5 Å². The summed E-state index contributed by atoms with van der Waals surface area (Å²) in [6.45, 7) is 3.44. The molecule has 1 aliphatic heterocycles. The van der Waals surface area contributed by atoms with Crippen molar-refractivity contribution in [2.24, 2.45) is 0 Å². The van der Waals surface area contributed by atoms with Gasteiger partial charge in [-0.25, -0.2) is 0 Å². The molecule has 2 heterocycles. The van der Waals surface area contributed by atoms with Gasteiger partial charge in [0.2, 0.25) is 12.7 Å². The van der Waals surface area contributed by atoms with Crippen LogP contribution in [0.15, 0.2) is 36.4 Å². The lowest BCUT2D eigenvalue weighted by molar-refractivity contribution is 0.173. The summed E-state index contributed by atoms with van der Waals surface area (Å²) >= 11 is 0. The molecule has 0 unspecified atom stereocenters. The monoisotopic (exact) mass is 272 g/mol. The van der Waals surface area contributed by atoms with Crippen LogP contribution in [-0.2, 0) is 6.54 Å². The number of para-hydroxylation sites is 1. The highest BCUT2D eigenvalue weighted by Gasteiger charge is 2.16. The maximum absolute atomic E-state index is 5.47. The van der Waals surface area contributed by atoms with Crippen molar-refractivity contribution in [3.63, 3.8) is 0 Å². The Hall–Kier alpha value is -2.43. The van der Waals surface area contributed by atoms with E-state index in [-0.39, 0.29) is 6.79 Å². The van der Waals surface area contributed by atoms with Crippen molar-refractivity contribution in [1.82, 2.24) is 4.98 Å². The quantitative estimate of drug-likeness (QED) is 0.907. The number of hydrogen-bond donors (Lipinski definition) is 1. The third kappa shape index (κ3) is 2.61. The summed E-state index contributed by atoms with van der Waals surface area (Å²) in [5, 5.41) is 3.26. The van der Waals surface area contributed by atoms with Gasteiger partial charge < -0.3 is 19.5 Å². The zero-order valence-corrected chi connectivity index (χ0v) is 11.3. The summed E-state index contributed by atoms with van der Waals surface area (Å²) in [6, 6.07) is 11.5. The first-order chi connectivity index (χ1) is 9.86. The fraction of sp³-hybridized carbons (Fsp3) is 0.267. The molecule has 0 atom stereocenters. The summed E-state index contributed by atoms with van der Waals surface area (Å²) in [4.78, 5) is 4.37. The Labute approximate surface area is 117 Å². The molecular formula is C15H16N2O3. The number of hydrogen-bond acceptors (Lipinski definition) is 5. The maximum Gasteiger partial charge on any atom is 0.231 e. The third-order valence-corrected chi connectivity index (χ3v) is 2.95. The van der Waals surface area contributed by atoms with Gasteiger partial charge in [0.1, 0.15) is 5.82 Å². The van der Waals surface area contributed by atoms with E-state index in [1.54, 1.807) is 0 Å².